The van der Waals surface area contributed by atoms with Gasteiger partial charge in [-0.3, -0.25) is 4.90 Å². The molecule has 3 nitrogen and oxygen atoms in total. The van der Waals surface area contributed by atoms with E-state index in [2.05, 4.69) is 0 Å². The van der Waals surface area contributed by atoms with Gasteiger partial charge in [-0.05, 0) is 32.0 Å². The minimum Gasteiger partial charge on any atom is -0.377 e. The van der Waals surface area contributed by atoms with Gasteiger partial charge in [-0.15, -0.1) is 0 Å². The van der Waals surface area contributed by atoms with Crippen LogP contribution in [0.3, 0.4) is 0 Å². The van der Waals surface area contributed by atoms with E-state index in [1.807, 2.05) is 11.9 Å². The van der Waals surface area contributed by atoms with Crippen LogP contribution in [0.2, 0.25) is 0 Å². The van der Waals surface area contributed by atoms with Crippen LogP contribution < -0.4 is 5.73 Å². The molecule has 0 amide bonds. The van der Waals surface area contributed by atoms with Gasteiger partial charge in [0.2, 0.25) is 0 Å². The topological polar surface area (TPSA) is 38.5 Å². The predicted octanol–water partition coefficient (Wildman–Crippen LogP) is 2.08. The molecular weight excluding hydrogens is 250 g/mol. The van der Waals surface area contributed by atoms with Crippen molar-refractivity contribution in [2.75, 3.05) is 26.7 Å². The third-order valence-electron chi connectivity index (χ3n) is 3.60. The molecule has 106 valence electrons. The van der Waals surface area contributed by atoms with Crippen LogP contribution in [-0.4, -0.2) is 37.7 Å². The Morgan fingerprint density at radius 2 is 2.11 bits per heavy atom. The number of benzene rings is 1. The van der Waals surface area contributed by atoms with Crippen molar-refractivity contribution in [2.45, 2.75) is 25.0 Å². The van der Waals surface area contributed by atoms with E-state index in [9.17, 15) is 8.78 Å². The first-order valence-corrected chi connectivity index (χ1v) is 6.59. The molecule has 0 radical (unpaired) electrons. The average molecular weight is 270 g/mol. The number of rotatable bonds is 5. The summed E-state index contributed by atoms with van der Waals surface area (Å²) in [7, 11) is 1.82. The van der Waals surface area contributed by atoms with Gasteiger partial charge in [0, 0.05) is 25.3 Å². The summed E-state index contributed by atoms with van der Waals surface area (Å²) in [5, 5.41) is 0. The van der Waals surface area contributed by atoms with Crippen LogP contribution in [0, 0.1) is 11.6 Å². The summed E-state index contributed by atoms with van der Waals surface area (Å²) in [5.74, 6) is -1.09. The molecule has 0 aliphatic carbocycles. The van der Waals surface area contributed by atoms with Crippen molar-refractivity contribution in [3.8, 4) is 0 Å². The molecule has 0 saturated carbocycles. The smallest absolute Gasteiger partial charge is 0.130 e. The minimum absolute atomic E-state index is 0.0468. The van der Waals surface area contributed by atoms with E-state index in [-0.39, 0.29) is 18.2 Å². The highest BCUT2D eigenvalue weighted by Crippen LogP contribution is 2.25. The first-order valence-electron chi connectivity index (χ1n) is 6.59. The second kappa shape index (κ2) is 6.41. The van der Waals surface area contributed by atoms with Gasteiger partial charge in [0.1, 0.15) is 11.6 Å². The molecule has 1 aliphatic heterocycles. The summed E-state index contributed by atoms with van der Waals surface area (Å²) in [6, 6.07) is 3.43. The molecule has 1 aliphatic rings. The molecule has 2 unspecified atom stereocenters. The molecule has 1 fully saturated rings. The van der Waals surface area contributed by atoms with Crippen LogP contribution in [0.1, 0.15) is 24.4 Å². The largest absolute Gasteiger partial charge is 0.377 e. The van der Waals surface area contributed by atoms with E-state index < -0.39 is 17.7 Å². The van der Waals surface area contributed by atoms with E-state index in [1.54, 1.807) is 0 Å². The molecule has 2 N–H and O–H groups in total. The molecule has 1 aromatic rings. The fraction of sp³-hybridized carbons (Fsp3) is 0.571. The summed E-state index contributed by atoms with van der Waals surface area (Å²) in [6.45, 7) is 1.57. The lowest BCUT2D eigenvalue weighted by atomic mass is 10.0. The molecule has 2 atom stereocenters. The quantitative estimate of drug-likeness (QED) is 0.890. The van der Waals surface area contributed by atoms with Crippen LogP contribution in [0.4, 0.5) is 8.78 Å². The number of nitrogens with zero attached hydrogens (tertiary/aromatic N) is 1. The van der Waals surface area contributed by atoms with Crippen molar-refractivity contribution in [1.82, 2.24) is 4.90 Å². The molecule has 1 saturated heterocycles. The number of nitrogens with two attached hydrogens (primary N) is 1. The molecule has 0 aromatic heterocycles. The van der Waals surface area contributed by atoms with E-state index in [0.717, 1.165) is 19.4 Å². The van der Waals surface area contributed by atoms with Crippen LogP contribution in [0.5, 0.6) is 0 Å². The maximum Gasteiger partial charge on any atom is 0.130 e. The van der Waals surface area contributed by atoms with Gasteiger partial charge in [0.05, 0.1) is 12.1 Å². The average Bonchev–Trinajstić information content (AvgIpc) is 2.86. The first-order chi connectivity index (χ1) is 9.13. The summed E-state index contributed by atoms with van der Waals surface area (Å²) in [4.78, 5) is 1.87. The molecule has 1 aromatic carbocycles. The Labute approximate surface area is 112 Å². The number of halogens is 2. The molecule has 1 heterocycles. The Bertz CT molecular complexity index is 402. The van der Waals surface area contributed by atoms with Crippen LogP contribution in [0.15, 0.2) is 18.2 Å². The van der Waals surface area contributed by atoms with Crippen molar-refractivity contribution in [1.29, 1.82) is 0 Å². The van der Waals surface area contributed by atoms with E-state index in [0.29, 0.717) is 6.54 Å². The third-order valence-corrected chi connectivity index (χ3v) is 3.60. The fourth-order valence-corrected chi connectivity index (χ4v) is 2.58. The Balaban J connectivity index is 2.14. The maximum atomic E-state index is 13.8. The van der Waals surface area contributed by atoms with Crippen molar-refractivity contribution in [3.63, 3.8) is 0 Å². The van der Waals surface area contributed by atoms with Crippen molar-refractivity contribution < 1.29 is 13.5 Å². The minimum atomic E-state index is -0.547. The molecular formula is C14H20F2N2O. The highest BCUT2D eigenvalue weighted by Gasteiger charge is 2.26. The van der Waals surface area contributed by atoms with Gasteiger partial charge in [0.25, 0.3) is 0 Å². The molecule has 5 heteroatoms. The Morgan fingerprint density at radius 1 is 1.42 bits per heavy atom. The Hall–Kier alpha value is -1.04. The standard InChI is InChI=1S/C14H20F2N2O/c1-18(9-10-4-3-7-19-10)13(8-17)14-11(15)5-2-6-12(14)16/h2,5-6,10,13H,3-4,7-9,17H2,1H3. The van der Waals surface area contributed by atoms with Crippen LogP contribution >= 0.6 is 0 Å². The van der Waals surface area contributed by atoms with Crippen molar-refractivity contribution in [3.05, 3.63) is 35.4 Å². The summed E-state index contributed by atoms with van der Waals surface area (Å²) >= 11 is 0. The number of ether oxygens (including phenoxy) is 1. The van der Waals surface area contributed by atoms with Crippen LogP contribution in [0.25, 0.3) is 0 Å². The molecule has 19 heavy (non-hydrogen) atoms. The molecule has 0 bridgehead atoms. The Kier molecular flexibility index (Phi) is 4.85. The number of likely N-dealkylation sites (N-methyl/N-ethyl adjacent to an activating group) is 1. The first kappa shape index (κ1) is 14.4. The summed E-state index contributed by atoms with van der Waals surface area (Å²) in [6.07, 6.45) is 2.16. The zero-order chi connectivity index (χ0) is 13.8. The lowest BCUT2D eigenvalue weighted by molar-refractivity contribution is 0.0678. The van der Waals surface area contributed by atoms with Gasteiger partial charge in [-0.25, -0.2) is 8.78 Å². The SMILES string of the molecule is CN(CC1CCCO1)C(CN)c1c(F)cccc1F. The molecule has 0 spiro atoms. The zero-order valence-electron chi connectivity index (χ0n) is 11.1. The zero-order valence-corrected chi connectivity index (χ0v) is 11.1. The van der Waals surface area contributed by atoms with E-state index >= 15 is 0 Å². The predicted molar refractivity (Wildman–Crippen MR) is 69.8 cm³/mol. The van der Waals surface area contributed by atoms with Crippen molar-refractivity contribution >= 4 is 0 Å². The van der Waals surface area contributed by atoms with Crippen molar-refractivity contribution in [2.24, 2.45) is 5.73 Å². The highest BCUT2D eigenvalue weighted by atomic mass is 19.1. The number of hydrogen-bond acceptors (Lipinski definition) is 3. The van der Waals surface area contributed by atoms with Crippen LogP contribution in [-0.2, 0) is 4.74 Å². The second-order valence-corrected chi connectivity index (χ2v) is 4.96. The fourth-order valence-electron chi connectivity index (χ4n) is 2.58. The normalized spacial score (nSPS) is 21.0. The van der Waals surface area contributed by atoms with Gasteiger partial charge in [0.15, 0.2) is 0 Å². The summed E-state index contributed by atoms with van der Waals surface area (Å²) in [5.41, 5.74) is 5.75. The van der Waals surface area contributed by atoms with Gasteiger partial charge in [-0.1, -0.05) is 6.07 Å². The van der Waals surface area contributed by atoms with E-state index in [1.165, 1.54) is 18.2 Å². The summed E-state index contributed by atoms with van der Waals surface area (Å²) < 4.78 is 33.2. The molecule has 2 rings (SSSR count). The van der Waals surface area contributed by atoms with E-state index in [4.69, 9.17) is 10.5 Å². The van der Waals surface area contributed by atoms with Gasteiger partial charge < -0.3 is 10.5 Å². The lowest BCUT2D eigenvalue weighted by Gasteiger charge is -2.29. The third kappa shape index (κ3) is 3.29. The van der Waals surface area contributed by atoms with Gasteiger partial charge >= 0.3 is 0 Å². The number of hydrogen-bond donors (Lipinski definition) is 1. The monoisotopic (exact) mass is 270 g/mol. The lowest BCUT2D eigenvalue weighted by Crippen LogP contribution is -2.37. The second-order valence-electron chi connectivity index (χ2n) is 4.96. The van der Waals surface area contributed by atoms with Gasteiger partial charge in [-0.2, -0.15) is 0 Å². The Morgan fingerprint density at radius 3 is 2.63 bits per heavy atom. The maximum absolute atomic E-state index is 13.8. The highest BCUT2D eigenvalue weighted by molar-refractivity contribution is 5.23.